The molecule has 0 aliphatic carbocycles. The summed E-state index contributed by atoms with van der Waals surface area (Å²) >= 11 is 1.51. The van der Waals surface area contributed by atoms with Gasteiger partial charge in [0, 0.05) is 17.9 Å². The number of hydrogen-bond donors (Lipinski definition) is 0. The van der Waals surface area contributed by atoms with Crippen LogP contribution in [0, 0.1) is 12.7 Å². The number of hydrogen-bond acceptors (Lipinski definition) is 3. The van der Waals surface area contributed by atoms with Gasteiger partial charge in [0.15, 0.2) is 5.17 Å². The molecule has 3 rings (SSSR count). The minimum atomic E-state index is -0.242. The average molecular weight is 328 g/mol. The highest BCUT2D eigenvalue weighted by molar-refractivity contribution is 8.13. The van der Waals surface area contributed by atoms with Crippen molar-refractivity contribution in [3.8, 4) is 0 Å². The third kappa shape index (κ3) is 3.79. The van der Waals surface area contributed by atoms with Crippen molar-refractivity contribution in [1.82, 2.24) is 4.90 Å². The molecular weight excluding hydrogens is 311 g/mol. The number of amidine groups is 1. The molecule has 0 N–H and O–H groups in total. The summed E-state index contributed by atoms with van der Waals surface area (Å²) in [7, 11) is 0. The Bertz CT molecular complexity index is 743. The van der Waals surface area contributed by atoms with E-state index in [2.05, 4.69) is 4.99 Å². The Morgan fingerprint density at radius 2 is 2.04 bits per heavy atom. The Morgan fingerprint density at radius 1 is 1.26 bits per heavy atom. The third-order valence-electron chi connectivity index (χ3n) is 3.59. The number of benzene rings is 2. The molecule has 1 aliphatic rings. The largest absolute Gasteiger partial charge is 0.286 e. The fourth-order valence-corrected chi connectivity index (χ4v) is 3.40. The van der Waals surface area contributed by atoms with Gasteiger partial charge in [-0.1, -0.05) is 41.6 Å². The molecule has 0 unspecified atom stereocenters. The van der Waals surface area contributed by atoms with Crippen LogP contribution in [0.25, 0.3) is 0 Å². The molecular formula is C18H17FN2OS. The molecule has 1 amide bonds. The van der Waals surface area contributed by atoms with Gasteiger partial charge in [-0.3, -0.25) is 14.7 Å². The van der Waals surface area contributed by atoms with Crippen LogP contribution in [-0.4, -0.2) is 29.1 Å². The maximum absolute atomic E-state index is 12.9. The van der Waals surface area contributed by atoms with Crippen molar-refractivity contribution >= 4 is 22.8 Å². The SMILES string of the molecule is Cc1cccc(C(=O)N2CCN=C2SCc2ccc(F)cc2)c1. The number of carbonyl (C=O) groups excluding carboxylic acids is 1. The predicted octanol–water partition coefficient (Wildman–Crippen LogP) is 3.88. The van der Waals surface area contributed by atoms with Crippen molar-refractivity contribution in [2.75, 3.05) is 13.1 Å². The summed E-state index contributed by atoms with van der Waals surface area (Å²) in [6.45, 7) is 3.21. The lowest BCUT2D eigenvalue weighted by molar-refractivity contribution is 0.0860. The number of carbonyl (C=O) groups is 1. The second-order valence-corrected chi connectivity index (χ2v) is 6.35. The lowest BCUT2D eigenvalue weighted by Gasteiger charge is -2.18. The zero-order valence-corrected chi connectivity index (χ0v) is 13.6. The number of nitrogens with zero attached hydrogens (tertiary/aromatic N) is 2. The average Bonchev–Trinajstić information content (AvgIpc) is 3.02. The lowest BCUT2D eigenvalue weighted by atomic mass is 10.1. The minimum absolute atomic E-state index is 0.0171. The smallest absolute Gasteiger partial charge is 0.259 e. The van der Waals surface area contributed by atoms with Crippen LogP contribution in [0.3, 0.4) is 0 Å². The maximum atomic E-state index is 12.9. The van der Waals surface area contributed by atoms with Crippen molar-refractivity contribution in [3.63, 3.8) is 0 Å². The van der Waals surface area contributed by atoms with E-state index in [4.69, 9.17) is 0 Å². The lowest BCUT2D eigenvalue weighted by Crippen LogP contribution is -2.32. The van der Waals surface area contributed by atoms with E-state index in [0.29, 0.717) is 24.4 Å². The van der Waals surface area contributed by atoms with Crippen molar-refractivity contribution in [2.24, 2.45) is 4.99 Å². The summed E-state index contributed by atoms with van der Waals surface area (Å²) in [6, 6.07) is 14.0. The monoisotopic (exact) mass is 328 g/mol. The van der Waals surface area contributed by atoms with E-state index in [0.717, 1.165) is 16.3 Å². The van der Waals surface area contributed by atoms with Gasteiger partial charge in [-0.15, -0.1) is 0 Å². The van der Waals surface area contributed by atoms with Crippen LogP contribution in [0.4, 0.5) is 4.39 Å². The van der Waals surface area contributed by atoms with E-state index in [1.165, 1.54) is 23.9 Å². The second-order valence-electron chi connectivity index (χ2n) is 5.41. The van der Waals surface area contributed by atoms with Gasteiger partial charge in [0.25, 0.3) is 5.91 Å². The molecule has 118 valence electrons. The normalized spacial score (nSPS) is 14.0. The highest BCUT2D eigenvalue weighted by atomic mass is 32.2. The number of halogens is 1. The third-order valence-corrected chi connectivity index (χ3v) is 4.68. The van der Waals surface area contributed by atoms with Crippen LogP contribution >= 0.6 is 11.8 Å². The van der Waals surface area contributed by atoms with E-state index in [1.54, 1.807) is 17.0 Å². The van der Waals surface area contributed by atoms with Gasteiger partial charge in [0.1, 0.15) is 5.82 Å². The van der Waals surface area contributed by atoms with Gasteiger partial charge in [-0.05, 0) is 36.8 Å². The van der Waals surface area contributed by atoms with E-state index in [1.807, 2.05) is 31.2 Å². The summed E-state index contributed by atoms with van der Waals surface area (Å²) < 4.78 is 12.9. The minimum Gasteiger partial charge on any atom is -0.286 e. The molecule has 0 saturated heterocycles. The number of rotatable bonds is 3. The molecule has 0 atom stereocenters. The van der Waals surface area contributed by atoms with Gasteiger partial charge in [0.05, 0.1) is 6.54 Å². The van der Waals surface area contributed by atoms with E-state index >= 15 is 0 Å². The van der Waals surface area contributed by atoms with Gasteiger partial charge in [0.2, 0.25) is 0 Å². The molecule has 0 radical (unpaired) electrons. The Morgan fingerprint density at radius 3 is 2.78 bits per heavy atom. The number of thioether (sulfide) groups is 1. The van der Waals surface area contributed by atoms with Gasteiger partial charge >= 0.3 is 0 Å². The first kappa shape index (κ1) is 15.7. The van der Waals surface area contributed by atoms with Crippen molar-refractivity contribution < 1.29 is 9.18 Å². The molecule has 2 aromatic carbocycles. The standard InChI is InChI=1S/C18H17FN2OS/c1-13-3-2-4-15(11-13)17(22)21-10-9-20-18(21)23-12-14-5-7-16(19)8-6-14/h2-8,11H,9-10,12H2,1H3. The van der Waals surface area contributed by atoms with Crippen LogP contribution in [0.2, 0.25) is 0 Å². The van der Waals surface area contributed by atoms with Crippen LogP contribution < -0.4 is 0 Å². The van der Waals surface area contributed by atoms with Gasteiger partial charge < -0.3 is 0 Å². The first-order chi connectivity index (χ1) is 11.1. The molecule has 0 saturated carbocycles. The molecule has 0 aromatic heterocycles. The zero-order valence-electron chi connectivity index (χ0n) is 12.8. The van der Waals surface area contributed by atoms with Crippen molar-refractivity contribution in [1.29, 1.82) is 0 Å². The Labute approximate surface area is 139 Å². The highest BCUT2D eigenvalue weighted by Crippen LogP contribution is 2.21. The molecule has 3 nitrogen and oxygen atoms in total. The van der Waals surface area contributed by atoms with Crippen LogP contribution in [0.1, 0.15) is 21.5 Å². The Kier molecular flexibility index (Phi) is 4.76. The van der Waals surface area contributed by atoms with Crippen molar-refractivity contribution in [2.45, 2.75) is 12.7 Å². The first-order valence-electron chi connectivity index (χ1n) is 7.44. The van der Waals surface area contributed by atoms with Crippen LogP contribution in [0.15, 0.2) is 53.5 Å². The number of aryl methyl sites for hydroxylation is 1. The fourth-order valence-electron chi connectivity index (χ4n) is 2.40. The summed E-state index contributed by atoms with van der Waals surface area (Å²) in [5.74, 6) is 0.404. The van der Waals surface area contributed by atoms with E-state index in [-0.39, 0.29) is 11.7 Å². The quantitative estimate of drug-likeness (QED) is 0.856. The maximum Gasteiger partial charge on any atom is 0.259 e. The molecule has 23 heavy (non-hydrogen) atoms. The molecule has 0 fully saturated rings. The molecule has 2 aromatic rings. The molecule has 0 spiro atoms. The first-order valence-corrected chi connectivity index (χ1v) is 8.42. The molecule has 1 heterocycles. The Balaban J connectivity index is 1.67. The van der Waals surface area contributed by atoms with E-state index in [9.17, 15) is 9.18 Å². The summed E-state index contributed by atoms with van der Waals surface area (Å²) in [5, 5.41) is 0.737. The van der Waals surface area contributed by atoms with Gasteiger partial charge in [-0.25, -0.2) is 4.39 Å². The number of aliphatic imine (C=N–C) groups is 1. The summed E-state index contributed by atoms with van der Waals surface area (Å²) in [6.07, 6.45) is 0. The summed E-state index contributed by atoms with van der Waals surface area (Å²) in [5.41, 5.74) is 2.75. The van der Waals surface area contributed by atoms with Crippen LogP contribution in [-0.2, 0) is 5.75 Å². The topological polar surface area (TPSA) is 32.7 Å². The molecule has 1 aliphatic heterocycles. The predicted molar refractivity (Wildman–Crippen MR) is 92.2 cm³/mol. The van der Waals surface area contributed by atoms with E-state index < -0.39 is 0 Å². The zero-order chi connectivity index (χ0) is 16.2. The van der Waals surface area contributed by atoms with Crippen molar-refractivity contribution in [3.05, 3.63) is 71.0 Å². The Hall–Kier alpha value is -2.14. The second kappa shape index (κ2) is 6.96. The number of amides is 1. The van der Waals surface area contributed by atoms with Crippen LogP contribution in [0.5, 0.6) is 0 Å². The highest BCUT2D eigenvalue weighted by Gasteiger charge is 2.25. The molecule has 0 bridgehead atoms. The fraction of sp³-hybridized carbons (Fsp3) is 0.222. The molecule has 5 heteroatoms. The summed E-state index contributed by atoms with van der Waals surface area (Å²) in [4.78, 5) is 18.8. The van der Waals surface area contributed by atoms with Gasteiger partial charge in [-0.2, -0.15) is 0 Å².